The number of aromatic amines is 1. The van der Waals surface area contributed by atoms with Crippen molar-refractivity contribution < 1.29 is 23.8 Å². The number of pyridine rings is 1. The van der Waals surface area contributed by atoms with Crippen LogP contribution in [0.4, 0.5) is 4.39 Å². The van der Waals surface area contributed by atoms with Gasteiger partial charge in [0, 0.05) is 36.2 Å². The van der Waals surface area contributed by atoms with Gasteiger partial charge in [-0.2, -0.15) is 4.98 Å². The third-order valence-corrected chi connectivity index (χ3v) is 6.47. The number of H-pyrrole nitrogens is 1. The third-order valence-electron chi connectivity index (χ3n) is 6.47. The Hall–Kier alpha value is -4.41. The number of hydrogen-bond donors (Lipinski definition) is 3. The number of carboxylic acids is 1. The van der Waals surface area contributed by atoms with Gasteiger partial charge in [0.15, 0.2) is 5.65 Å². The van der Waals surface area contributed by atoms with Crippen LogP contribution in [-0.4, -0.2) is 54.4 Å². The molecule has 0 radical (unpaired) electrons. The summed E-state index contributed by atoms with van der Waals surface area (Å²) in [6.07, 6.45) is 6.50. The molecule has 3 heterocycles. The van der Waals surface area contributed by atoms with E-state index in [1.807, 2.05) is 0 Å². The molecule has 1 aliphatic rings. The van der Waals surface area contributed by atoms with Crippen LogP contribution >= 0.6 is 0 Å². The molecule has 3 N–H and O–H groups in total. The first kappa shape index (κ1) is 25.2. The van der Waals surface area contributed by atoms with Crippen molar-refractivity contribution in [2.45, 2.75) is 45.1 Å². The average molecular weight is 519 g/mol. The molecule has 0 atom stereocenters. The van der Waals surface area contributed by atoms with Crippen LogP contribution in [0.5, 0.6) is 11.9 Å². The van der Waals surface area contributed by atoms with Crippen LogP contribution in [0, 0.1) is 17.1 Å². The van der Waals surface area contributed by atoms with Gasteiger partial charge < -0.3 is 25.0 Å². The van der Waals surface area contributed by atoms with E-state index in [4.69, 9.17) is 20.0 Å². The molecule has 0 bridgehead atoms. The molecule has 11 heteroatoms. The first-order valence-corrected chi connectivity index (χ1v) is 12.4. The first-order chi connectivity index (χ1) is 18.3. The van der Waals surface area contributed by atoms with Gasteiger partial charge in [-0.1, -0.05) is 6.07 Å². The van der Waals surface area contributed by atoms with Crippen molar-refractivity contribution in [3.05, 3.63) is 48.5 Å². The summed E-state index contributed by atoms with van der Waals surface area (Å²) in [5.41, 5.74) is 2.95. The lowest BCUT2D eigenvalue weighted by Crippen LogP contribution is -2.25. The molecule has 0 spiro atoms. The van der Waals surface area contributed by atoms with Gasteiger partial charge in [0.2, 0.25) is 5.88 Å². The van der Waals surface area contributed by atoms with E-state index in [2.05, 4.69) is 24.9 Å². The highest BCUT2D eigenvalue weighted by molar-refractivity contribution is 5.80. The molecule has 4 aromatic rings. The predicted molar refractivity (Wildman–Crippen MR) is 138 cm³/mol. The fraction of sp³-hybridized carbons (Fsp3) is 0.333. The Morgan fingerprint density at radius 1 is 1.11 bits per heavy atom. The number of ether oxygens (including phenoxy) is 2. The molecule has 1 aromatic carbocycles. The number of nitrogens with zero attached hydrogens (tertiary/aromatic N) is 4. The van der Waals surface area contributed by atoms with Crippen LogP contribution in [0.1, 0.15) is 39.0 Å². The summed E-state index contributed by atoms with van der Waals surface area (Å²) in [7, 11) is 0. The van der Waals surface area contributed by atoms with Gasteiger partial charge in [0.05, 0.1) is 11.1 Å². The number of rotatable bonds is 9. The molecule has 3 aromatic heterocycles. The van der Waals surface area contributed by atoms with Crippen molar-refractivity contribution in [3.8, 4) is 34.4 Å². The molecule has 10 nitrogen and oxygen atoms in total. The van der Waals surface area contributed by atoms with Gasteiger partial charge in [-0.3, -0.25) is 4.79 Å². The zero-order chi connectivity index (χ0) is 26.6. The fourth-order valence-electron chi connectivity index (χ4n) is 4.53. The lowest BCUT2D eigenvalue weighted by atomic mass is 9.85. The highest BCUT2D eigenvalue weighted by Crippen LogP contribution is 2.30. The SMILES string of the molecule is CC(=N)COc1ccc2[nH]c(-c3ccc(-c4cnc(OC5CCC(CC(=O)O)CC5)nc4)cc3F)nc2n1. The van der Waals surface area contributed by atoms with E-state index in [1.54, 1.807) is 43.6 Å². The number of carboxylic acid groups (broad SMARTS) is 1. The highest BCUT2D eigenvalue weighted by atomic mass is 19.1. The number of hydrogen-bond acceptors (Lipinski definition) is 8. The lowest BCUT2D eigenvalue weighted by molar-refractivity contribution is -0.138. The first-order valence-electron chi connectivity index (χ1n) is 12.4. The quantitative estimate of drug-likeness (QED) is 0.261. The maximum Gasteiger partial charge on any atom is 0.316 e. The summed E-state index contributed by atoms with van der Waals surface area (Å²) in [6.45, 7) is 1.78. The predicted octanol–water partition coefficient (Wildman–Crippen LogP) is 5.05. The highest BCUT2D eigenvalue weighted by Gasteiger charge is 2.24. The number of halogens is 1. The molecule has 0 saturated heterocycles. The van der Waals surface area contributed by atoms with E-state index in [1.165, 1.54) is 6.07 Å². The number of aromatic nitrogens is 5. The van der Waals surface area contributed by atoms with E-state index in [0.29, 0.717) is 45.3 Å². The molecule has 196 valence electrons. The fourth-order valence-corrected chi connectivity index (χ4v) is 4.53. The second-order valence-corrected chi connectivity index (χ2v) is 9.48. The van der Waals surface area contributed by atoms with Gasteiger partial charge in [0.1, 0.15) is 24.4 Å². The van der Waals surface area contributed by atoms with Crippen LogP contribution in [0.15, 0.2) is 42.7 Å². The molecule has 0 amide bonds. The van der Waals surface area contributed by atoms with Crippen molar-refractivity contribution >= 4 is 22.8 Å². The summed E-state index contributed by atoms with van der Waals surface area (Å²) >= 11 is 0. The molecule has 38 heavy (non-hydrogen) atoms. The molecule has 1 saturated carbocycles. The van der Waals surface area contributed by atoms with Crippen molar-refractivity contribution in [3.63, 3.8) is 0 Å². The molecular weight excluding hydrogens is 491 g/mol. The summed E-state index contributed by atoms with van der Waals surface area (Å²) in [5, 5.41) is 16.4. The Bertz CT molecular complexity index is 1460. The third kappa shape index (κ3) is 5.93. The zero-order valence-electron chi connectivity index (χ0n) is 20.8. The Labute approximate surface area is 217 Å². The molecule has 5 rings (SSSR count). The van der Waals surface area contributed by atoms with Crippen molar-refractivity contribution in [2.75, 3.05) is 6.61 Å². The van der Waals surface area contributed by atoms with Gasteiger partial charge >= 0.3 is 12.0 Å². The van der Waals surface area contributed by atoms with Crippen LogP contribution in [0.2, 0.25) is 0 Å². The Balaban J connectivity index is 1.25. The van der Waals surface area contributed by atoms with Gasteiger partial charge in [-0.05, 0) is 62.3 Å². The summed E-state index contributed by atoms with van der Waals surface area (Å²) < 4.78 is 26.4. The van der Waals surface area contributed by atoms with Crippen molar-refractivity contribution in [1.29, 1.82) is 5.41 Å². The van der Waals surface area contributed by atoms with Crippen molar-refractivity contribution in [2.24, 2.45) is 5.92 Å². The summed E-state index contributed by atoms with van der Waals surface area (Å²) in [4.78, 5) is 31.3. The number of fused-ring (bicyclic) bond motifs is 1. The average Bonchev–Trinajstić information content (AvgIpc) is 3.32. The summed E-state index contributed by atoms with van der Waals surface area (Å²) in [6, 6.07) is 8.48. The molecular formula is C27H27FN6O4. The van der Waals surface area contributed by atoms with E-state index in [-0.39, 0.29) is 31.1 Å². The van der Waals surface area contributed by atoms with Crippen molar-refractivity contribution in [1.82, 2.24) is 24.9 Å². The molecule has 1 fully saturated rings. The number of imidazole rings is 1. The largest absolute Gasteiger partial charge is 0.481 e. The van der Waals surface area contributed by atoms with Gasteiger partial charge in [0.25, 0.3) is 0 Å². The van der Waals surface area contributed by atoms with Gasteiger partial charge in [-0.25, -0.2) is 19.3 Å². The lowest BCUT2D eigenvalue weighted by Gasteiger charge is -2.27. The zero-order valence-corrected chi connectivity index (χ0v) is 20.8. The van der Waals surface area contributed by atoms with Crippen LogP contribution in [0.3, 0.4) is 0 Å². The normalized spacial score (nSPS) is 17.3. The monoisotopic (exact) mass is 518 g/mol. The summed E-state index contributed by atoms with van der Waals surface area (Å²) in [5.74, 6) is -0.345. The van der Waals surface area contributed by atoms with E-state index >= 15 is 4.39 Å². The smallest absolute Gasteiger partial charge is 0.316 e. The van der Waals surface area contributed by atoms with Crippen LogP contribution < -0.4 is 9.47 Å². The maximum absolute atomic E-state index is 15.1. The standard InChI is InChI=1S/C27H27FN6O4/c1-15(29)14-37-23-9-8-22-26(33-23)34-25(32-22)20-7-4-17(11-21(20)28)18-12-30-27(31-13-18)38-19-5-2-16(3-6-19)10-24(35)36/h4,7-9,11-13,16,19,29H,2-3,5-6,10,14H2,1H3,(H,35,36)(H,32,33,34). The number of benzene rings is 1. The number of carbonyl (C=O) groups is 1. The van der Waals surface area contributed by atoms with Crippen LogP contribution in [-0.2, 0) is 4.79 Å². The molecule has 1 aliphatic carbocycles. The Kier molecular flexibility index (Phi) is 7.25. The van der Waals surface area contributed by atoms with E-state index in [9.17, 15) is 4.79 Å². The van der Waals surface area contributed by atoms with Gasteiger partial charge in [-0.15, -0.1) is 0 Å². The second kappa shape index (κ2) is 10.9. The number of nitrogens with one attached hydrogen (secondary N) is 2. The maximum atomic E-state index is 15.1. The molecule has 0 aliphatic heterocycles. The number of aliphatic carboxylic acids is 1. The topological polar surface area (TPSA) is 147 Å². The minimum absolute atomic E-state index is 0.0383. The minimum Gasteiger partial charge on any atom is -0.481 e. The van der Waals surface area contributed by atoms with Crippen LogP contribution in [0.25, 0.3) is 33.7 Å². The Morgan fingerprint density at radius 3 is 2.55 bits per heavy atom. The van der Waals surface area contributed by atoms with E-state index < -0.39 is 11.8 Å². The minimum atomic E-state index is -0.762. The Morgan fingerprint density at radius 2 is 1.87 bits per heavy atom. The second-order valence-electron chi connectivity index (χ2n) is 9.48. The van der Waals surface area contributed by atoms with E-state index in [0.717, 1.165) is 25.7 Å². The molecule has 0 unspecified atom stereocenters.